The number of rotatable bonds is 6. The first-order valence-electron chi connectivity index (χ1n) is 7.46. The Balaban J connectivity index is 2.62. The molecule has 2 N–H and O–H groups in total. The maximum Gasteiger partial charge on any atom is 0.0356 e. The van der Waals surface area contributed by atoms with Crippen molar-refractivity contribution in [1.29, 1.82) is 0 Å². The van der Waals surface area contributed by atoms with E-state index in [-0.39, 0.29) is 5.54 Å². The van der Waals surface area contributed by atoms with Crippen molar-refractivity contribution in [3.63, 3.8) is 0 Å². The van der Waals surface area contributed by atoms with Gasteiger partial charge in [0, 0.05) is 11.6 Å². The van der Waals surface area contributed by atoms with Gasteiger partial charge >= 0.3 is 0 Å². The van der Waals surface area contributed by atoms with Crippen molar-refractivity contribution in [2.75, 3.05) is 14.1 Å². The Morgan fingerprint density at radius 1 is 1.35 bits per heavy atom. The highest BCUT2D eigenvalue weighted by molar-refractivity contribution is 5.00. The predicted molar refractivity (Wildman–Crippen MR) is 76.2 cm³/mol. The molecule has 2 heteroatoms. The van der Waals surface area contributed by atoms with Crippen LogP contribution in [0, 0.1) is 5.92 Å². The predicted octanol–water partition coefficient (Wildman–Crippen LogP) is 3.40. The van der Waals surface area contributed by atoms with Gasteiger partial charge in [0.15, 0.2) is 0 Å². The second-order valence-electron chi connectivity index (χ2n) is 6.30. The lowest BCUT2D eigenvalue weighted by molar-refractivity contribution is 0.0468. The molecule has 1 fully saturated rings. The number of nitrogens with zero attached hydrogens (tertiary/aromatic N) is 1. The monoisotopic (exact) mass is 240 g/mol. The molecule has 1 aliphatic carbocycles. The van der Waals surface area contributed by atoms with Crippen LogP contribution in [0.2, 0.25) is 0 Å². The molecule has 1 aliphatic rings. The molecule has 102 valence electrons. The van der Waals surface area contributed by atoms with Gasteiger partial charge in [-0.05, 0) is 39.3 Å². The molecule has 0 aromatic rings. The van der Waals surface area contributed by atoms with E-state index in [2.05, 4.69) is 32.8 Å². The smallest absolute Gasteiger partial charge is 0.0356 e. The number of hydrogen-bond donors (Lipinski definition) is 1. The maximum absolute atomic E-state index is 6.55. The SMILES string of the molecule is CCCCCC(N)C1(N(C)C)CCCC(C)C1. The quantitative estimate of drug-likeness (QED) is 0.721. The summed E-state index contributed by atoms with van der Waals surface area (Å²) in [6.45, 7) is 4.64. The average Bonchev–Trinajstić information content (AvgIpc) is 2.28. The van der Waals surface area contributed by atoms with Gasteiger partial charge in [-0.25, -0.2) is 0 Å². The maximum atomic E-state index is 6.55. The normalized spacial score (nSPS) is 31.8. The first kappa shape index (κ1) is 15.0. The Bertz CT molecular complexity index is 215. The molecule has 0 aromatic heterocycles. The van der Waals surface area contributed by atoms with E-state index in [1.807, 2.05) is 0 Å². The Morgan fingerprint density at radius 2 is 2.06 bits per heavy atom. The lowest BCUT2D eigenvalue weighted by Crippen LogP contribution is -2.59. The Hall–Kier alpha value is -0.0800. The van der Waals surface area contributed by atoms with Crippen molar-refractivity contribution in [2.45, 2.75) is 76.8 Å². The van der Waals surface area contributed by atoms with Crippen LogP contribution in [-0.4, -0.2) is 30.6 Å². The number of hydrogen-bond acceptors (Lipinski definition) is 2. The lowest BCUT2D eigenvalue weighted by Gasteiger charge is -2.49. The first-order chi connectivity index (χ1) is 8.03. The van der Waals surface area contributed by atoms with Crippen molar-refractivity contribution < 1.29 is 0 Å². The zero-order chi connectivity index (χ0) is 12.9. The largest absolute Gasteiger partial charge is 0.326 e. The van der Waals surface area contributed by atoms with E-state index in [9.17, 15) is 0 Å². The van der Waals surface area contributed by atoms with Gasteiger partial charge < -0.3 is 10.6 Å². The summed E-state index contributed by atoms with van der Waals surface area (Å²) in [4.78, 5) is 2.42. The van der Waals surface area contributed by atoms with Crippen LogP contribution in [0.3, 0.4) is 0 Å². The minimum absolute atomic E-state index is 0.269. The van der Waals surface area contributed by atoms with Crippen molar-refractivity contribution in [3.8, 4) is 0 Å². The third kappa shape index (κ3) is 3.69. The van der Waals surface area contributed by atoms with E-state index in [4.69, 9.17) is 5.73 Å². The summed E-state index contributed by atoms with van der Waals surface area (Å²) in [5, 5.41) is 0. The zero-order valence-corrected chi connectivity index (χ0v) is 12.3. The summed E-state index contributed by atoms with van der Waals surface area (Å²) < 4.78 is 0. The van der Waals surface area contributed by atoms with E-state index < -0.39 is 0 Å². The Morgan fingerprint density at radius 3 is 2.59 bits per heavy atom. The van der Waals surface area contributed by atoms with Gasteiger partial charge in [-0.15, -0.1) is 0 Å². The fourth-order valence-electron chi connectivity index (χ4n) is 3.52. The topological polar surface area (TPSA) is 29.3 Å². The second-order valence-corrected chi connectivity index (χ2v) is 6.30. The molecule has 0 heterocycles. The molecule has 0 bridgehead atoms. The van der Waals surface area contributed by atoms with Gasteiger partial charge in [-0.2, -0.15) is 0 Å². The minimum atomic E-state index is 0.269. The lowest BCUT2D eigenvalue weighted by atomic mass is 9.70. The molecule has 0 saturated heterocycles. The highest BCUT2D eigenvalue weighted by Gasteiger charge is 2.41. The molecule has 17 heavy (non-hydrogen) atoms. The highest BCUT2D eigenvalue weighted by Crippen LogP contribution is 2.38. The molecule has 3 atom stereocenters. The fourth-order valence-corrected chi connectivity index (χ4v) is 3.52. The molecule has 1 rings (SSSR count). The van der Waals surface area contributed by atoms with E-state index in [1.54, 1.807) is 0 Å². The molecular formula is C15H32N2. The van der Waals surface area contributed by atoms with Gasteiger partial charge in [0.1, 0.15) is 0 Å². The van der Waals surface area contributed by atoms with Crippen molar-refractivity contribution >= 4 is 0 Å². The number of unbranched alkanes of at least 4 members (excludes halogenated alkanes) is 2. The summed E-state index contributed by atoms with van der Waals surface area (Å²) in [6, 6.07) is 0.354. The molecular weight excluding hydrogens is 208 g/mol. The number of likely N-dealkylation sites (N-methyl/N-ethyl adjacent to an activating group) is 1. The van der Waals surface area contributed by atoms with Crippen LogP contribution < -0.4 is 5.73 Å². The average molecular weight is 240 g/mol. The van der Waals surface area contributed by atoms with Gasteiger partial charge in [-0.3, -0.25) is 0 Å². The van der Waals surface area contributed by atoms with Crippen LogP contribution in [-0.2, 0) is 0 Å². The van der Waals surface area contributed by atoms with E-state index in [0.717, 1.165) is 5.92 Å². The third-order valence-corrected chi connectivity index (χ3v) is 4.71. The molecule has 2 nitrogen and oxygen atoms in total. The van der Waals surface area contributed by atoms with Crippen LogP contribution in [0.25, 0.3) is 0 Å². The molecule has 1 saturated carbocycles. The van der Waals surface area contributed by atoms with Crippen LogP contribution in [0.1, 0.15) is 65.2 Å². The van der Waals surface area contributed by atoms with E-state index in [0.29, 0.717) is 6.04 Å². The molecule has 0 spiro atoms. The molecule has 3 unspecified atom stereocenters. The van der Waals surface area contributed by atoms with E-state index >= 15 is 0 Å². The van der Waals surface area contributed by atoms with Crippen LogP contribution >= 0.6 is 0 Å². The van der Waals surface area contributed by atoms with Gasteiger partial charge in [0.05, 0.1) is 0 Å². The molecule has 0 aliphatic heterocycles. The second kappa shape index (κ2) is 6.75. The van der Waals surface area contributed by atoms with Crippen LogP contribution in [0.5, 0.6) is 0 Å². The summed E-state index contributed by atoms with van der Waals surface area (Å²) >= 11 is 0. The van der Waals surface area contributed by atoms with E-state index in [1.165, 1.54) is 51.4 Å². The van der Waals surface area contributed by atoms with Gasteiger partial charge in [-0.1, -0.05) is 46.0 Å². The van der Waals surface area contributed by atoms with Crippen molar-refractivity contribution in [3.05, 3.63) is 0 Å². The third-order valence-electron chi connectivity index (χ3n) is 4.71. The zero-order valence-electron chi connectivity index (χ0n) is 12.3. The Labute approximate surface area is 108 Å². The molecule has 0 radical (unpaired) electrons. The summed E-state index contributed by atoms with van der Waals surface area (Å²) in [6.07, 6.45) is 10.4. The summed E-state index contributed by atoms with van der Waals surface area (Å²) in [5.41, 5.74) is 6.81. The van der Waals surface area contributed by atoms with Crippen LogP contribution in [0.15, 0.2) is 0 Å². The summed E-state index contributed by atoms with van der Waals surface area (Å²) in [7, 11) is 4.44. The fraction of sp³-hybridized carbons (Fsp3) is 1.00. The molecule has 0 aromatic carbocycles. The number of nitrogens with two attached hydrogens (primary N) is 1. The minimum Gasteiger partial charge on any atom is -0.326 e. The molecule has 0 amide bonds. The van der Waals surface area contributed by atoms with Gasteiger partial charge in [0.2, 0.25) is 0 Å². The standard InChI is InChI=1S/C15H32N2/c1-5-6-7-10-14(16)15(17(3)4)11-8-9-13(2)12-15/h13-14H,5-12,16H2,1-4H3. The first-order valence-corrected chi connectivity index (χ1v) is 7.46. The van der Waals surface area contributed by atoms with Gasteiger partial charge in [0.25, 0.3) is 0 Å². The van der Waals surface area contributed by atoms with Crippen molar-refractivity contribution in [2.24, 2.45) is 11.7 Å². The highest BCUT2D eigenvalue weighted by atomic mass is 15.2. The van der Waals surface area contributed by atoms with Crippen molar-refractivity contribution in [1.82, 2.24) is 4.90 Å². The Kier molecular flexibility index (Phi) is 5.94. The van der Waals surface area contributed by atoms with Crippen LogP contribution in [0.4, 0.5) is 0 Å². The summed E-state index contributed by atoms with van der Waals surface area (Å²) in [5.74, 6) is 0.836.